The second-order valence-electron chi connectivity index (χ2n) is 5.26. The van der Waals surface area contributed by atoms with E-state index in [-0.39, 0.29) is 5.91 Å². The number of nitrogens with one attached hydrogen (secondary N) is 1. The van der Waals surface area contributed by atoms with Crippen molar-refractivity contribution in [1.82, 2.24) is 14.8 Å². The predicted octanol–water partition coefficient (Wildman–Crippen LogP) is 3.27. The third-order valence-electron chi connectivity index (χ3n) is 3.37. The van der Waals surface area contributed by atoms with Gasteiger partial charge < -0.3 is 10.1 Å². The number of aryl methyl sites for hydroxylation is 2. The zero-order valence-corrected chi connectivity index (χ0v) is 14.3. The molecule has 3 rings (SSSR count). The summed E-state index contributed by atoms with van der Waals surface area (Å²) in [4.78, 5) is 16.5. The number of ether oxygens (including phenoxy) is 1. The lowest BCUT2D eigenvalue weighted by atomic mass is 10.2. The summed E-state index contributed by atoms with van der Waals surface area (Å²) in [5, 5.41) is 9.94. The van der Waals surface area contributed by atoms with Crippen molar-refractivity contribution in [2.24, 2.45) is 7.05 Å². The minimum atomic E-state index is -0.189. The van der Waals surface area contributed by atoms with Gasteiger partial charge >= 0.3 is 0 Å². The predicted molar refractivity (Wildman–Crippen MR) is 93.4 cm³/mol. The highest BCUT2D eigenvalue weighted by molar-refractivity contribution is 7.09. The molecule has 1 aromatic carbocycles. The fraction of sp³-hybridized carbons (Fsp3) is 0.235. The molecule has 2 heterocycles. The smallest absolute Gasteiger partial charge is 0.258 e. The van der Waals surface area contributed by atoms with Crippen molar-refractivity contribution in [1.29, 1.82) is 0 Å². The van der Waals surface area contributed by atoms with Crippen molar-refractivity contribution < 1.29 is 9.53 Å². The summed E-state index contributed by atoms with van der Waals surface area (Å²) in [5.41, 5.74) is 2.16. The van der Waals surface area contributed by atoms with Crippen LogP contribution in [0.2, 0.25) is 0 Å². The van der Waals surface area contributed by atoms with Crippen LogP contribution < -0.4 is 10.1 Å². The summed E-state index contributed by atoms with van der Waals surface area (Å²) in [6, 6.07) is 7.27. The van der Waals surface area contributed by atoms with Gasteiger partial charge in [0.1, 0.15) is 12.4 Å². The molecule has 0 unspecified atom stereocenters. The molecule has 124 valence electrons. The van der Waals surface area contributed by atoms with E-state index in [1.54, 1.807) is 29.3 Å². The summed E-state index contributed by atoms with van der Waals surface area (Å²) in [5.74, 6) is 0.548. The van der Waals surface area contributed by atoms with Crippen LogP contribution in [0.15, 0.2) is 42.0 Å². The van der Waals surface area contributed by atoms with Gasteiger partial charge in [-0.2, -0.15) is 5.10 Å². The number of thiazole rings is 1. The highest BCUT2D eigenvalue weighted by Gasteiger charge is 2.08. The van der Waals surface area contributed by atoms with Crippen molar-refractivity contribution in [3.63, 3.8) is 0 Å². The van der Waals surface area contributed by atoms with Gasteiger partial charge in [0, 0.05) is 24.3 Å². The van der Waals surface area contributed by atoms with Crippen LogP contribution in [0.5, 0.6) is 5.75 Å². The molecule has 0 aliphatic rings. The summed E-state index contributed by atoms with van der Waals surface area (Å²) >= 11 is 1.65. The van der Waals surface area contributed by atoms with Gasteiger partial charge in [0.25, 0.3) is 5.91 Å². The number of carbonyl (C=O) groups is 1. The normalized spacial score (nSPS) is 10.6. The lowest BCUT2D eigenvalue weighted by molar-refractivity contribution is 0.102. The molecule has 3 aromatic rings. The fourth-order valence-electron chi connectivity index (χ4n) is 2.11. The second kappa shape index (κ2) is 7.27. The Labute approximate surface area is 144 Å². The van der Waals surface area contributed by atoms with Gasteiger partial charge in [0.15, 0.2) is 0 Å². The first-order valence-corrected chi connectivity index (χ1v) is 8.48. The third kappa shape index (κ3) is 3.99. The molecule has 24 heavy (non-hydrogen) atoms. The lowest BCUT2D eigenvalue weighted by Gasteiger charge is -2.07. The van der Waals surface area contributed by atoms with Gasteiger partial charge in [-0.15, -0.1) is 11.3 Å². The Morgan fingerprint density at radius 3 is 2.75 bits per heavy atom. The number of aromatic nitrogens is 3. The fourth-order valence-corrected chi connectivity index (χ4v) is 2.84. The average Bonchev–Trinajstić information content (AvgIpc) is 3.23. The van der Waals surface area contributed by atoms with E-state index in [2.05, 4.69) is 22.3 Å². The molecule has 0 atom stereocenters. The van der Waals surface area contributed by atoms with E-state index in [1.165, 1.54) is 6.20 Å². The van der Waals surface area contributed by atoms with Crippen molar-refractivity contribution >= 4 is 22.9 Å². The molecule has 6 nitrogen and oxygen atoms in total. The maximum Gasteiger partial charge on any atom is 0.258 e. The van der Waals surface area contributed by atoms with E-state index >= 15 is 0 Å². The van der Waals surface area contributed by atoms with Crippen molar-refractivity contribution in [2.75, 3.05) is 5.32 Å². The number of anilines is 1. The molecule has 1 amide bonds. The summed E-state index contributed by atoms with van der Waals surface area (Å²) in [6.07, 6.45) is 4.15. The van der Waals surface area contributed by atoms with Crippen molar-refractivity contribution in [2.45, 2.75) is 20.0 Å². The molecule has 0 fully saturated rings. The van der Waals surface area contributed by atoms with E-state index < -0.39 is 0 Å². The van der Waals surface area contributed by atoms with E-state index in [1.807, 2.05) is 29.6 Å². The Bertz CT molecular complexity index is 823. The third-order valence-corrected chi connectivity index (χ3v) is 4.41. The number of hydrogen-bond donors (Lipinski definition) is 1. The number of amides is 1. The van der Waals surface area contributed by atoms with Gasteiger partial charge in [0.05, 0.1) is 22.5 Å². The topological polar surface area (TPSA) is 69.0 Å². The van der Waals surface area contributed by atoms with Gasteiger partial charge in [0.2, 0.25) is 0 Å². The molecule has 0 saturated heterocycles. The average molecular weight is 342 g/mol. The van der Waals surface area contributed by atoms with E-state index in [4.69, 9.17) is 4.74 Å². The van der Waals surface area contributed by atoms with Crippen LogP contribution >= 0.6 is 11.3 Å². The molecule has 0 aliphatic carbocycles. The first-order valence-electron chi connectivity index (χ1n) is 7.60. The highest BCUT2D eigenvalue weighted by atomic mass is 32.1. The Hall–Kier alpha value is -2.67. The molecule has 0 spiro atoms. The SMILES string of the molecule is CCc1nc(COc2ccc(NC(=O)c3cnn(C)c3)cc2)cs1. The van der Waals surface area contributed by atoms with E-state index in [9.17, 15) is 4.79 Å². The number of rotatable bonds is 6. The molecule has 0 bridgehead atoms. The second-order valence-corrected chi connectivity index (χ2v) is 6.20. The van der Waals surface area contributed by atoms with Crippen LogP contribution in [0.25, 0.3) is 0 Å². The molecule has 7 heteroatoms. The molecular weight excluding hydrogens is 324 g/mol. The maximum atomic E-state index is 12.1. The summed E-state index contributed by atoms with van der Waals surface area (Å²) in [7, 11) is 1.77. The zero-order chi connectivity index (χ0) is 16.9. The standard InChI is InChI=1S/C17H18N4O2S/c1-3-16-19-14(11-24-16)10-23-15-6-4-13(5-7-15)20-17(22)12-8-18-21(2)9-12/h4-9,11H,3,10H2,1-2H3,(H,20,22). The molecule has 0 radical (unpaired) electrons. The van der Waals surface area contributed by atoms with Crippen LogP contribution in [-0.4, -0.2) is 20.7 Å². The van der Waals surface area contributed by atoms with Gasteiger partial charge in [-0.05, 0) is 30.7 Å². The van der Waals surface area contributed by atoms with Gasteiger partial charge in [-0.1, -0.05) is 6.92 Å². The van der Waals surface area contributed by atoms with Crippen LogP contribution in [0.3, 0.4) is 0 Å². The van der Waals surface area contributed by atoms with Crippen LogP contribution in [0, 0.1) is 0 Å². The van der Waals surface area contributed by atoms with Crippen LogP contribution in [-0.2, 0) is 20.1 Å². The number of carbonyl (C=O) groups excluding carboxylic acids is 1. The first-order chi connectivity index (χ1) is 11.6. The van der Waals surface area contributed by atoms with E-state index in [0.717, 1.165) is 22.9 Å². The molecule has 0 aliphatic heterocycles. The highest BCUT2D eigenvalue weighted by Crippen LogP contribution is 2.18. The quantitative estimate of drug-likeness (QED) is 0.746. The molecule has 0 saturated carbocycles. The van der Waals surface area contributed by atoms with Crippen molar-refractivity contribution in [3.05, 3.63) is 58.3 Å². The number of nitrogens with zero attached hydrogens (tertiary/aromatic N) is 3. The van der Waals surface area contributed by atoms with Crippen molar-refractivity contribution in [3.8, 4) is 5.75 Å². The zero-order valence-electron chi connectivity index (χ0n) is 13.5. The van der Waals surface area contributed by atoms with E-state index in [0.29, 0.717) is 17.9 Å². The van der Waals surface area contributed by atoms with Crippen LogP contribution in [0.4, 0.5) is 5.69 Å². The Kier molecular flexibility index (Phi) is 4.90. The Morgan fingerprint density at radius 1 is 1.33 bits per heavy atom. The Morgan fingerprint density at radius 2 is 2.12 bits per heavy atom. The van der Waals surface area contributed by atoms with Gasteiger partial charge in [-0.3, -0.25) is 9.48 Å². The monoisotopic (exact) mass is 342 g/mol. The Balaban J connectivity index is 1.55. The maximum absolute atomic E-state index is 12.1. The summed E-state index contributed by atoms with van der Waals surface area (Å²) in [6.45, 7) is 2.53. The number of benzene rings is 1. The number of hydrogen-bond acceptors (Lipinski definition) is 5. The largest absolute Gasteiger partial charge is 0.487 e. The lowest BCUT2D eigenvalue weighted by Crippen LogP contribution is -2.10. The van der Waals surface area contributed by atoms with Gasteiger partial charge in [-0.25, -0.2) is 4.98 Å². The van der Waals surface area contributed by atoms with Crippen LogP contribution in [0.1, 0.15) is 28.0 Å². The summed E-state index contributed by atoms with van der Waals surface area (Å²) < 4.78 is 7.31. The molecular formula is C17H18N4O2S. The molecule has 2 aromatic heterocycles. The molecule has 1 N–H and O–H groups in total. The minimum absolute atomic E-state index is 0.189. The minimum Gasteiger partial charge on any atom is -0.487 e. The first kappa shape index (κ1) is 16.2.